The Morgan fingerprint density at radius 3 is 2.62 bits per heavy atom. The fourth-order valence-corrected chi connectivity index (χ4v) is 5.72. The van der Waals surface area contributed by atoms with Gasteiger partial charge in [0.05, 0.1) is 22.9 Å². The molecule has 0 aliphatic heterocycles. The van der Waals surface area contributed by atoms with E-state index in [9.17, 15) is 14.7 Å². The van der Waals surface area contributed by atoms with Gasteiger partial charge in [0.1, 0.15) is 0 Å². The topological polar surface area (TPSA) is 103 Å². The Labute approximate surface area is 219 Å². The Morgan fingerprint density at radius 1 is 1.05 bits per heavy atom. The molecule has 1 saturated carbocycles. The molecule has 1 fully saturated rings. The summed E-state index contributed by atoms with van der Waals surface area (Å²) in [5, 5.41) is 22.2. The van der Waals surface area contributed by atoms with E-state index in [1.807, 2.05) is 60.8 Å². The van der Waals surface area contributed by atoms with Crippen LogP contribution in [0.3, 0.4) is 0 Å². The van der Waals surface area contributed by atoms with E-state index in [1.165, 1.54) is 17.5 Å². The third kappa shape index (κ3) is 5.65. The molecule has 1 atom stereocenters. The molecule has 0 bridgehead atoms. The molecule has 1 aliphatic rings. The molecular weight excluding hydrogens is 484 g/mol. The summed E-state index contributed by atoms with van der Waals surface area (Å²) in [6.45, 7) is 2.17. The lowest BCUT2D eigenvalue weighted by Gasteiger charge is -2.18. The number of aliphatic hydroxyl groups excluding tert-OH is 1. The van der Waals surface area contributed by atoms with E-state index >= 15 is 0 Å². The molecule has 0 spiro atoms. The van der Waals surface area contributed by atoms with Gasteiger partial charge in [-0.25, -0.2) is 4.98 Å². The molecule has 1 aliphatic carbocycles. The average molecular weight is 515 g/mol. The Kier molecular flexibility index (Phi) is 7.48. The van der Waals surface area contributed by atoms with Gasteiger partial charge in [-0.1, -0.05) is 49.2 Å². The smallest absolute Gasteiger partial charge is 0.257 e. The van der Waals surface area contributed by atoms with Crippen LogP contribution in [0.5, 0.6) is 0 Å². The molecule has 4 aromatic rings. The fourth-order valence-electron chi connectivity index (χ4n) is 4.78. The number of benzene rings is 2. The first-order chi connectivity index (χ1) is 18.0. The number of hydrogen-bond acceptors (Lipinski definition) is 6. The maximum Gasteiger partial charge on any atom is 0.257 e. The summed E-state index contributed by atoms with van der Waals surface area (Å²) in [5.41, 5.74) is 3.14. The van der Waals surface area contributed by atoms with Crippen molar-refractivity contribution in [1.29, 1.82) is 0 Å². The van der Waals surface area contributed by atoms with Crippen molar-refractivity contribution in [2.45, 2.75) is 38.7 Å². The van der Waals surface area contributed by atoms with Crippen LogP contribution < -0.4 is 16.0 Å². The van der Waals surface area contributed by atoms with E-state index in [2.05, 4.69) is 20.9 Å². The second-order valence-corrected chi connectivity index (χ2v) is 10.4. The Hall–Kier alpha value is -3.75. The summed E-state index contributed by atoms with van der Waals surface area (Å²) >= 11 is 1.51. The number of nitrogens with zero attached hydrogens (tertiary/aromatic N) is 1. The van der Waals surface area contributed by atoms with Crippen molar-refractivity contribution in [3.05, 3.63) is 82.9 Å². The van der Waals surface area contributed by atoms with Crippen molar-refractivity contribution < 1.29 is 14.7 Å². The van der Waals surface area contributed by atoms with Gasteiger partial charge in [-0.05, 0) is 49.4 Å². The van der Waals surface area contributed by atoms with Crippen molar-refractivity contribution in [1.82, 2.24) is 10.3 Å². The van der Waals surface area contributed by atoms with Crippen molar-refractivity contribution in [2.75, 3.05) is 17.2 Å². The van der Waals surface area contributed by atoms with Crippen LogP contribution in [0.2, 0.25) is 0 Å². The van der Waals surface area contributed by atoms with Crippen LogP contribution in [0, 0.1) is 12.8 Å². The van der Waals surface area contributed by atoms with Crippen LogP contribution in [-0.2, 0) is 0 Å². The van der Waals surface area contributed by atoms with Gasteiger partial charge in [0.2, 0.25) is 0 Å². The Bertz CT molecular complexity index is 1430. The number of pyridine rings is 1. The van der Waals surface area contributed by atoms with Crippen LogP contribution in [0.25, 0.3) is 10.1 Å². The molecule has 5 rings (SSSR count). The molecule has 190 valence electrons. The zero-order chi connectivity index (χ0) is 25.8. The quantitative estimate of drug-likeness (QED) is 0.235. The number of aryl methyl sites for hydroxylation is 1. The second-order valence-electron chi connectivity index (χ2n) is 9.48. The summed E-state index contributed by atoms with van der Waals surface area (Å²) in [6.07, 6.45) is 5.14. The number of anilines is 3. The van der Waals surface area contributed by atoms with Crippen molar-refractivity contribution in [3.8, 4) is 0 Å². The summed E-state index contributed by atoms with van der Waals surface area (Å²) < 4.78 is 1.03. The SMILES string of the molecule is Cc1ccccc1Nc1ncc(C(=O)NCC(O)C2CCCC2)cc1NC(=O)c1csc2ccccc12. The van der Waals surface area contributed by atoms with Crippen LogP contribution in [0.1, 0.15) is 52.0 Å². The minimum Gasteiger partial charge on any atom is -0.391 e. The van der Waals surface area contributed by atoms with Crippen LogP contribution in [-0.4, -0.2) is 34.6 Å². The minimum atomic E-state index is -0.563. The van der Waals surface area contributed by atoms with Crippen molar-refractivity contribution >= 4 is 50.4 Å². The van der Waals surface area contributed by atoms with E-state index < -0.39 is 6.10 Å². The second kappa shape index (κ2) is 11.1. The van der Waals surface area contributed by atoms with E-state index in [-0.39, 0.29) is 24.3 Å². The highest BCUT2D eigenvalue weighted by Gasteiger charge is 2.24. The largest absolute Gasteiger partial charge is 0.391 e. The van der Waals surface area contributed by atoms with Gasteiger partial charge in [-0.15, -0.1) is 11.3 Å². The van der Waals surface area contributed by atoms with Gasteiger partial charge in [0.25, 0.3) is 11.8 Å². The third-order valence-corrected chi connectivity index (χ3v) is 7.90. The monoisotopic (exact) mass is 514 g/mol. The van der Waals surface area contributed by atoms with E-state index in [1.54, 1.807) is 6.07 Å². The number of aliphatic hydroxyl groups is 1. The molecule has 2 amide bonds. The number of thiophene rings is 1. The van der Waals surface area contributed by atoms with Crippen molar-refractivity contribution in [2.24, 2.45) is 5.92 Å². The summed E-state index contributed by atoms with van der Waals surface area (Å²) in [6, 6.07) is 17.2. The molecular formula is C29H30N4O3S. The van der Waals surface area contributed by atoms with Crippen LogP contribution in [0.15, 0.2) is 66.2 Å². The normalized spacial score (nSPS) is 14.4. The number of carbonyl (C=O) groups excluding carboxylic acids is 2. The molecule has 7 nitrogen and oxygen atoms in total. The highest BCUT2D eigenvalue weighted by atomic mass is 32.1. The summed E-state index contributed by atoms with van der Waals surface area (Å²) in [4.78, 5) is 30.7. The Morgan fingerprint density at radius 2 is 1.81 bits per heavy atom. The summed E-state index contributed by atoms with van der Waals surface area (Å²) in [5.74, 6) is 0.0453. The zero-order valence-corrected chi connectivity index (χ0v) is 21.5. The zero-order valence-electron chi connectivity index (χ0n) is 20.7. The van der Waals surface area contributed by atoms with Gasteiger partial charge < -0.3 is 21.1 Å². The standard InChI is InChI=1S/C29H30N4O3S/c1-18-8-2-6-12-23(18)32-27-24(33-29(36)22-17-37-26-13-7-5-11-21(22)26)14-20(15-30-27)28(35)31-16-25(34)19-9-3-4-10-19/h2,5-8,11-15,17,19,25,34H,3-4,9-10,16H2,1H3,(H,30,32)(H,31,35)(H,33,36). The molecule has 8 heteroatoms. The van der Waals surface area contributed by atoms with E-state index in [0.29, 0.717) is 22.6 Å². The molecule has 37 heavy (non-hydrogen) atoms. The number of aromatic nitrogens is 1. The molecule has 0 radical (unpaired) electrons. The number of carbonyl (C=O) groups is 2. The van der Waals surface area contributed by atoms with Gasteiger partial charge in [0, 0.05) is 33.9 Å². The lowest BCUT2D eigenvalue weighted by molar-refractivity contribution is 0.0840. The van der Waals surface area contributed by atoms with Gasteiger partial charge >= 0.3 is 0 Å². The number of rotatable bonds is 8. The highest BCUT2D eigenvalue weighted by Crippen LogP contribution is 2.30. The van der Waals surface area contributed by atoms with Crippen LogP contribution in [0.4, 0.5) is 17.2 Å². The molecule has 2 aromatic heterocycles. The average Bonchev–Trinajstić information content (AvgIpc) is 3.60. The number of para-hydroxylation sites is 1. The number of amides is 2. The number of fused-ring (bicyclic) bond motifs is 1. The van der Waals surface area contributed by atoms with Crippen LogP contribution >= 0.6 is 11.3 Å². The fraction of sp³-hybridized carbons (Fsp3) is 0.276. The lowest BCUT2D eigenvalue weighted by Crippen LogP contribution is -2.35. The van der Waals surface area contributed by atoms with E-state index in [4.69, 9.17) is 0 Å². The van der Waals surface area contributed by atoms with Gasteiger partial charge in [0.15, 0.2) is 5.82 Å². The Balaban J connectivity index is 1.40. The lowest BCUT2D eigenvalue weighted by atomic mass is 10.0. The number of hydrogen-bond donors (Lipinski definition) is 4. The molecule has 1 unspecified atom stereocenters. The number of nitrogens with one attached hydrogen (secondary N) is 3. The first-order valence-corrected chi connectivity index (χ1v) is 13.4. The van der Waals surface area contributed by atoms with Gasteiger partial charge in [-0.3, -0.25) is 9.59 Å². The maximum atomic E-state index is 13.3. The first-order valence-electron chi connectivity index (χ1n) is 12.6. The minimum absolute atomic E-state index is 0.190. The van der Waals surface area contributed by atoms with Gasteiger partial charge in [-0.2, -0.15) is 0 Å². The predicted molar refractivity (Wildman–Crippen MR) is 149 cm³/mol. The predicted octanol–water partition coefficient (Wildman–Crippen LogP) is 5.88. The molecule has 4 N–H and O–H groups in total. The molecule has 0 saturated heterocycles. The summed E-state index contributed by atoms with van der Waals surface area (Å²) in [7, 11) is 0. The van der Waals surface area contributed by atoms with E-state index in [0.717, 1.165) is 47.0 Å². The first kappa shape index (κ1) is 24.9. The highest BCUT2D eigenvalue weighted by molar-refractivity contribution is 7.17. The molecule has 2 aromatic carbocycles. The molecule has 2 heterocycles. The maximum absolute atomic E-state index is 13.3. The van der Waals surface area contributed by atoms with Crippen molar-refractivity contribution in [3.63, 3.8) is 0 Å². The third-order valence-electron chi connectivity index (χ3n) is 6.94.